The van der Waals surface area contributed by atoms with Gasteiger partial charge in [0.15, 0.2) is 0 Å². The molecule has 0 bridgehead atoms. The summed E-state index contributed by atoms with van der Waals surface area (Å²) in [5, 5.41) is 0. The van der Waals surface area contributed by atoms with Crippen molar-refractivity contribution < 1.29 is 16.3 Å². The number of nitrogens with zero attached hydrogens (tertiary/aromatic N) is 2. The number of halogens is 1. The van der Waals surface area contributed by atoms with Gasteiger partial charge in [-0.3, -0.25) is 0 Å². The van der Waals surface area contributed by atoms with E-state index in [4.69, 9.17) is 0 Å². The van der Waals surface area contributed by atoms with Crippen LogP contribution in [0.3, 0.4) is 0 Å². The third kappa shape index (κ3) is 3.73. The number of rotatable bonds is 2. The van der Waals surface area contributed by atoms with Gasteiger partial charge >= 0.3 is 30.0 Å². The summed E-state index contributed by atoms with van der Waals surface area (Å²) in [5.41, 5.74) is 1.27. The molecule has 0 fully saturated rings. The second kappa shape index (κ2) is 6.91. The van der Waals surface area contributed by atoms with Crippen LogP contribution in [0, 0.1) is 6.07 Å². The van der Waals surface area contributed by atoms with E-state index >= 15 is 0 Å². The number of hydrogen-bond acceptors (Lipinski definition) is 1. The van der Waals surface area contributed by atoms with Crippen LogP contribution in [0.4, 0.5) is 0 Å². The zero-order valence-electron chi connectivity index (χ0n) is 7.73. The molecule has 0 atom stereocenters. The smallest absolute Gasteiger partial charge is 0.0948 e. The molecular formula is C10H9BrN2Zn. The van der Waals surface area contributed by atoms with Crippen molar-refractivity contribution in [3.63, 3.8) is 0 Å². The van der Waals surface area contributed by atoms with Crippen molar-refractivity contribution in [3.05, 3.63) is 54.6 Å². The van der Waals surface area contributed by atoms with Crippen LogP contribution in [0.2, 0.25) is 0 Å². The molecule has 14 heavy (non-hydrogen) atoms. The van der Waals surface area contributed by atoms with Crippen molar-refractivity contribution in [1.82, 2.24) is 9.55 Å². The fourth-order valence-corrected chi connectivity index (χ4v) is 1.12. The van der Waals surface area contributed by atoms with Crippen molar-refractivity contribution in [2.24, 2.45) is 0 Å². The minimum absolute atomic E-state index is 0.884. The van der Waals surface area contributed by atoms with Gasteiger partial charge in [0.1, 0.15) is 0 Å². The summed E-state index contributed by atoms with van der Waals surface area (Å²) in [5.74, 6) is 0. The van der Waals surface area contributed by atoms with Gasteiger partial charge in [0.25, 0.3) is 0 Å². The Labute approximate surface area is 100 Å². The van der Waals surface area contributed by atoms with Crippen LogP contribution >= 0.6 is 13.6 Å². The Morgan fingerprint density at radius 3 is 2.64 bits per heavy atom. The molecule has 1 heterocycles. The van der Waals surface area contributed by atoms with Gasteiger partial charge in [-0.1, -0.05) is 0 Å². The van der Waals surface area contributed by atoms with E-state index < -0.39 is 0 Å². The van der Waals surface area contributed by atoms with Gasteiger partial charge in [-0.15, -0.1) is 5.56 Å². The molecule has 0 aliphatic rings. The number of imidazole rings is 1. The first-order chi connectivity index (χ1) is 6.95. The van der Waals surface area contributed by atoms with E-state index in [9.17, 15) is 0 Å². The van der Waals surface area contributed by atoms with Crippen LogP contribution in [-0.2, 0) is 22.9 Å². The third-order valence-corrected chi connectivity index (χ3v) is 1.71. The second-order valence-electron chi connectivity index (χ2n) is 2.64. The average Bonchev–Trinajstić information content (AvgIpc) is 2.75. The summed E-state index contributed by atoms with van der Waals surface area (Å²) in [6, 6.07) is 10.9. The van der Waals surface area contributed by atoms with Gasteiger partial charge in [0, 0.05) is 18.9 Å². The molecule has 0 aliphatic heterocycles. The maximum absolute atomic E-state index is 3.97. The molecule has 0 spiro atoms. The van der Waals surface area contributed by atoms with Gasteiger partial charge in [0.05, 0.1) is 6.33 Å². The van der Waals surface area contributed by atoms with Gasteiger partial charge < -0.3 is 4.57 Å². The Bertz CT molecular complexity index is 334. The molecule has 0 saturated heterocycles. The zero-order chi connectivity index (χ0) is 10.2. The summed E-state index contributed by atoms with van der Waals surface area (Å²) in [4.78, 5) is 3.97. The molecular weight excluding hydrogens is 293 g/mol. The molecule has 2 aromatic rings. The van der Waals surface area contributed by atoms with Crippen LogP contribution in [-0.4, -0.2) is 9.55 Å². The number of aromatic nitrogens is 2. The van der Waals surface area contributed by atoms with Crippen LogP contribution < -0.4 is 0 Å². The first-order valence-corrected chi connectivity index (χ1v) is 11.1. The van der Waals surface area contributed by atoms with Crippen molar-refractivity contribution in [2.75, 3.05) is 0 Å². The van der Waals surface area contributed by atoms with E-state index in [1.807, 2.05) is 29.2 Å². The first-order valence-electron chi connectivity index (χ1n) is 4.12. The molecule has 68 valence electrons. The van der Waals surface area contributed by atoms with Crippen LogP contribution in [0.1, 0.15) is 5.56 Å². The van der Waals surface area contributed by atoms with Crippen molar-refractivity contribution in [1.29, 1.82) is 0 Å². The summed E-state index contributed by atoms with van der Waals surface area (Å²) < 4.78 is 2.04. The molecule has 0 aliphatic carbocycles. The molecule has 1 aromatic carbocycles. The number of hydrogen-bond donors (Lipinski definition) is 0. The standard InChI is InChI=1S/C10H9N2.BrH.Zn/c1-2-4-10(5-3-1)8-12-7-6-11-9-12;;/h2-7,9H,8H2;1H;/q-1;;+2/p-1. The van der Waals surface area contributed by atoms with Crippen LogP contribution in [0.5, 0.6) is 0 Å². The maximum Gasteiger partial charge on any atom is 0.0948 e. The summed E-state index contributed by atoms with van der Waals surface area (Å²) in [6.45, 7) is 0.884. The Morgan fingerprint density at radius 1 is 1.36 bits per heavy atom. The minimum atomic E-state index is 0.884. The second-order valence-corrected chi connectivity index (χ2v) is 2.64. The summed E-state index contributed by atoms with van der Waals surface area (Å²) in [6.07, 6.45) is 5.56. The molecule has 0 N–H and O–H groups in total. The fraction of sp³-hybridized carbons (Fsp3) is 0.100. The predicted octanol–water partition coefficient (Wildman–Crippen LogP) is 2.57. The minimum Gasteiger partial charge on any atom is -0.335 e. The van der Waals surface area contributed by atoms with E-state index in [0.29, 0.717) is 0 Å². The van der Waals surface area contributed by atoms with E-state index in [1.165, 1.54) is 21.9 Å². The molecule has 0 unspecified atom stereocenters. The predicted molar refractivity (Wildman–Crippen MR) is 55.5 cm³/mol. The zero-order valence-corrected chi connectivity index (χ0v) is 12.3. The van der Waals surface area contributed by atoms with Crippen LogP contribution in [0.25, 0.3) is 0 Å². The van der Waals surface area contributed by atoms with E-state index in [2.05, 4.69) is 36.8 Å². The summed E-state index contributed by atoms with van der Waals surface area (Å²) in [7, 11) is 0. The van der Waals surface area contributed by atoms with Crippen LogP contribution in [0.15, 0.2) is 43.0 Å². The van der Waals surface area contributed by atoms with E-state index in [1.54, 1.807) is 6.20 Å². The Morgan fingerprint density at radius 2 is 2.07 bits per heavy atom. The maximum atomic E-state index is 3.97. The van der Waals surface area contributed by atoms with Gasteiger partial charge in [-0.25, -0.2) is 4.98 Å². The Kier molecular flexibility index (Phi) is 5.73. The SMILES string of the molecule is [Zn+][Br].[c-]1ccc(Cn2ccnc2)cc1. The average molecular weight is 302 g/mol. The van der Waals surface area contributed by atoms with Crippen molar-refractivity contribution in [2.45, 2.75) is 6.54 Å². The molecule has 0 radical (unpaired) electrons. The molecule has 2 rings (SSSR count). The normalized spacial score (nSPS) is 9.07. The van der Waals surface area contributed by atoms with Crippen molar-refractivity contribution >= 4 is 13.6 Å². The number of benzene rings is 1. The Hall–Kier alpha value is -0.467. The molecule has 0 saturated carbocycles. The van der Waals surface area contributed by atoms with E-state index in [-0.39, 0.29) is 0 Å². The quantitative estimate of drug-likeness (QED) is 0.616. The first kappa shape index (κ1) is 11.6. The molecule has 2 nitrogen and oxygen atoms in total. The fourth-order valence-electron chi connectivity index (χ4n) is 1.12. The molecule has 4 heteroatoms. The monoisotopic (exact) mass is 300 g/mol. The summed E-state index contributed by atoms with van der Waals surface area (Å²) >= 11 is 4.25. The molecule has 1 aromatic heterocycles. The van der Waals surface area contributed by atoms with Gasteiger partial charge in [0.2, 0.25) is 0 Å². The van der Waals surface area contributed by atoms with Crippen molar-refractivity contribution in [3.8, 4) is 0 Å². The van der Waals surface area contributed by atoms with Gasteiger partial charge in [-0.05, 0) is 0 Å². The Balaban J connectivity index is 0.000000461. The van der Waals surface area contributed by atoms with Gasteiger partial charge in [-0.2, -0.15) is 30.3 Å². The topological polar surface area (TPSA) is 17.8 Å². The largest absolute Gasteiger partial charge is 0.335 e. The van der Waals surface area contributed by atoms with E-state index in [0.717, 1.165) is 6.54 Å². The molecule has 0 amide bonds. The third-order valence-electron chi connectivity index (χ3n) is 1.71.